The number of sulfonamides is 1. The molecule has 11 heteroatoms. The van der Waals surface area contributed by atoms with Crippen molar-refractivity contribution >= 4 is 55.8 Å². The summed E-state index contributed by atoms with van der Waals surface area (Å²) in [6.07, 6.45) is 0.570. The highest BCUT2D eigenvalue weighted by atomic mass is 35.5. The van der Waals surface area contributed by atoms with Crippen molar-refractivity contribution in [2.45, 2.75) is 38.5 Å². The average molecular weight is 547 g/mol. The Morgan fingerprint density at radius 3 is 2.43 bits per heavy atom. The summed E-state index contributed by atoms with van der Waals surface area (Å²) in [5.74, 6) is -2.30. The number of ether oxygens (including phenoxy) is 1. The SMILES string of the molecule is C=C(CCCOC(C)=O)C(=O)c1c(C)nc2ccc(S(=O)(=O)Nc3ccc(Cl)cc3F)cc2c1C(C)=O. The van der Waals surface area contributed by atoms with Crippen molar-refractivity contribution in [2.75, 3.05) is 11.3 Å². The highest BCUT2D eigenvalue weighted by Gasteiger charge is 2.25. The van der Waals surface area contributed by atoms with E-state index in [9.17, 15) is 27.2 Å². The van der Waals surface area contributed by atoms with Gasteiger partial charge < -0.3 is 4.74 Å². The van der Waals surface area contributed by atoms with Crippen molar-refractivity contribution in [1.29, 1.82) is 0 Å². The maximum atomic E-state index is 14.2. The first-order chi connectivity index (χ1) is 17.3. The number of esters is 1. The Bertz CT molecular complexity index is 1550. The van der Waals surface area contributed by atoms with Gasteiger partial charge in [0.05, 0.1) is 28.3 Å². The van der Waals surface area contributed by atoms with Gasteiger partial charge in [-0.3, -0.25) is 24.1 Å². The van der Waals surface area contributed by atoms with E-state index in [2.05, 4.69) is 16.3 Å². The number of rotatable bonds is 10. The Balaban J connectivity index is 2.05. The third kappa shape index (κ3) is 6.39. The molecule has 0 bridgehead atoms. The van der Waals surface area contributed by atoms with Gasteiger partial charge in [0.1, 0.15) is 5.82 Å². The van der Waals surface area contributed by atoms with Crippen LogP contribution >= 0.6 is 11.6 Å². The summed E-state index contributed by atoms with van der Waals surface area (Å²) >= 11 is 5.73. The summed E-state index contributed by atoms with van der Waals surface area (Å²) in [5.41, 5.74) is 0.478. The number of fused-ring (bicyclic) bond motifs is 1. The second-order valence-electron chi connectivity index (χ2n) is 8.29. The Kier molecular flexibility index (Phi) is 8.45. The molecule has 0 aliphatic rings. The van der Waals surface area contributed by atoms with Crippen molar-refractivity contribution in [2.24, 2.45) is 0 Å². The number of nitrogens with zero attached hydrogens (tertiary/aromatic N) is 1. The van der Waals surface area contributed by atoms with Crippen molar-refractivity contribution in [3.63, 3.8) is 0 Å². The second-order valence-corrected chi connectivity index (χ2v) is 10.4. The van der Waals surface area contributed by atoms with Gasteiger partial charge >= 0.3 is 5.97 Å². The van der Waals surface area contributed by atoms with Gasteiger partial charge in [-0.1, -0.05) is 18.2 Å². The summed E-state index contributed by atoms with van der Waals surface area (Å²) < 4.78 is 47.3. The van der Waals surface area contributed by atoms with Gasteiger partial charge in [-0.25, -0.2) is 12.8 Å². The molecule has 0 unspecified atom stereocenters. The number of nitrogens with one attached hydrogen (secondary N) is 1. The van der Waals surface area contributed by atoms with E-state index < -0.39 is 33.4 Å². The molecule has 0 saturated heterocycles. The number of aryl methyl sites for hydroxylation is 1. The number of hydrogen-bond donors (Lipinski definition) is 1. The van der Waals surface area contributed by atoms with E-state index in [0.29, 0.717) is 11.9 Å². The number of hydrogen-bond acceptors (Lipinski definition) is 7. The highest BCUT2D eigenvalue weighted by Crippen LogP contribution is 2.30. The van der Waals surface area contributed by atoms with E-state index in [0.717, 1.165) is 6.07 Å². The van der Waals surface area contributed by atoms with Crippen molar-refractivity contribution in [3.8, 4) is 0 Å². The van der Waals surface area contributed by atoms with Gasteiger partial charge in [0.25, 0.3) is 10.0 Å². The number of carbonyl (C=O) groups excluding carboxylic acids is 3. The molecule has 194 valence electrons. The molecule has 8 nitrogen and oxygen atoms in total. The van der Waals surface area contributed by atoms with Gasteiger partial charge in [-0.05, 0) is 68.7 Å². The van der Waals surface area contributed by atoms with Gasteiger partial charge in [0.15, 0.2) is 11.6 Å². The molecule has 3 rings (SSSR count). The Morgan fingerprint density at radius 2 is 1.81 bits per heavy atom. The number of carbonyl (C=O) groups is 3. The predicted molar refractivity (Wildman–Crippen MR) is 138 cm³/mol. The normalized spacial score (nSPS) is 11.3. The van der Waals surface area contributed by atoms with E-state index in [-0.39, 0.29) is 56.4 Å². The van der Waals surface area contributed by atoms with Crippen LogP contribution in [0.25, 0.3) is 10.9 Å². The largest absolute Gasteiger partial charge is 0.466 e. The van der Waals surface area contributed by atoms with E-state index in [1.807, 2.05) is 0 Å². The number of anilines is 1. The fraction of sp³-hybridized carbons (Fsp3) is 0.231. The Labute approximate surface area is 218 Å². The summed E-state index contributed by atoms with van der Waals surface area (Å²) in [4.78, 5) is 41.1. The molecular weight excluding hydrogens is 523 g/mol. The van der Waals surface area contributed by atoms with E-state index in [1.165, 1.54) is 44.2 Å². The zero-order valence-electron chi connectivity index (χ0n) is 20.4. The Morgan fingerprint density at radius 1 is 1.11 bits per heavy atom. The lowest BCUT2D eigenvalue weighted by atomic mass is 9.91. The molecule has 1 N–H and O–H groups in total. The average Bonchev–Trinajstić information content (AvgIpc) is 2.81. The molecular formula is C26H24ClFN2O6S. The quantitative estimate of drug-likeness (QED) is 0.156. The fourth-order valence-corrected chi connectivity index (χ4v) is 5.00. The zero-order chi connectivity index (χ0) is 27.5. The predicted octanol–water partition coefficient (Wildman–Crippen LogP) is 5.42. The van der Waals surface area contributed by atoms with Crippen LogP contribution < -0.4 is 4.72 Å². The minimum Gasteiger partial charge on any atom is -0.466 e. The van der Waals surface area contributed by atoms with E-state index in [1.54, 1.807) is 6.92 Å². The molecule has 3 aromatic rings. The number of allylic oxidation sites excluding steroid dienone is 1. The van der Waals surface area contributed by atoms with Crippen molar-refractivity contribution in [1.82, 2.24) is 4.98 Å². The van der Waals surface area contributed by atoms with Crippen LogP contribution in [-0.4, -0.2) is 37.5 Å². The molecule has 0 atom stereocenters. The fourth-order valence-electron chi connectivity index (χ4n) is 3.74. The topological polar surface area (TPSA) is 120 Å². The van der Waals surface area contributed by atoms with Gasteiger partial charge in [-0.15, -0.1) is 0 Å². The van der Waals surface area contributed by atoms with Gasteiger partial charge in [0, 0.05) is 28.6 Å². The monoisotopic (exact) mass is 546 g/mol. The van der Waals surface area contributed by atoms with Crippen LogP contribution in [0.15, 0.2) is 53.4 Å². The first-order valence-electron chi connectivity index (χ1n) is 11.1. The van der Waals surface area contributed by atoms with Gasteiger partial charge in [-0.2, -0.15) is 0 Å². The van der Waals surface area contributed by atoms with Crippen molar-refractivity contribution < 1.29 is 31.9 Å². The number of benzene rings is 2. The summed E-state index contributed by atoms with van der Waals surface area (Å²) in [5, 5.41) is 0.248. The molecule has 0 spiro atoms. The third-order valence-electron chi connectivity index (χ3n) is 5.45. The Hall–Kier alpha value is -3.63. The molecule has 1 aromatic heterocycles. The number of halogens is 2. The highest BCUT2D eigenvalue weighted by molar-refractivity contribution is 7.92. The standard InChI is InChI=1S/C26H24ClFN2O6S/c1-14(6-5-11-36-17(4)32)26(33)24-15(2)29-22-10-8-19(13-20(22)25(24)16(3)31)37(34,35)30-23-9-7-18(27)12-21(23)28/h7-10,12-13,30H,1,5-6,11H2,2-4H3. The van der Waals surface area contributed by atoms with Gasteiger partial charge in [0.2, 0.25) is 0 Å². The maximum Gasteiger partial charge on any atom is 0.302 e. The zero-order valence-corrected chi connectivity index (χ0v) is 21.9. The lowest BCUT2D eigenvalue weighted by molar-refractivity contribution is -0.141. The molecule has 0 amide bonds. The first-order valence-corrected chi connectivity index (χ1v) is 13.0. The number of aromatic nitrogens is 1. The van der Waals surface area contributed by atoms with Crippen molar-refractivity contribution in [3.05, 3.63) is 76.2 Å². The lowest BCUT2D eigenvalue weighted by Crippen LogP contribution is -2.16. The summed E-state index contributed by atoms with van der Waals surface area (Å²) in [6.45, 7) is 8.03. The molecule has 2 aromatic carbocycles. The minimum absolute atomic E-state index is 0.00311. The second kappa shape index (κ2) is 11.2. The molecule has 0 saturated carbocycles. The lowest BCUT2D eigenvalue weighted by Gasteiger charge is -2.15. The van der Waals surface area contributed by atoms with Crippen LogP contribution in [-0.2, 0) is 19.6 Å². The third-order valence-corrected chi connectivity index (χ3v) is 7.05. The molecule has 1 heterocycles. The van der Waals surface area contributed by atoms with E-state index in [4.69, 9.17) is 16.3 Å². The van der Waals surface area contributed by atoms with Crippen LogP contribution in [0.2, 0.25) is 5.02 Å². The van der Waals surface area contributed by atoms with Crippen LogP contribution in [0, 0.1) is 12.7 Å². The van der Waals surface area contributed by atoms with Crippen LogP contribution in [0.3, 0.4) is 0 Å². The van der Waals surface area contributed by atoms with Crippen LogP contribution in [0.5, 0.6) is 0 Å². The van der Waals surface area contributed by atoms with E-state index >= 15 is 0 Å². The number of Topliss-reactive ketones (excluding diaryl/α,β-unsaturated/α-hetero) is 2. The first kappa shape index (κ1) is 27.9. The molecule has 0 aliphatic carbocycles. The molecule has 0 radical (unpaired) electrons. The molecule has 0 fully saturated rings. The van der Waals surface area contributed by atoms with Crippen LogP contribution in [0.1, 0.15) is 53.1 Å². The number of pyridine rings is 1. The molecule has 37 heavy (non-hydrogen) atoms. The smallest absolute Gasteiger partial charge is 0.302 e. The summed E-state index contributed by atoms with van der Waals surface area (Å²) in [7, 11) is -4.28. The summed E-state index contributed by atoms with van der Waals surface area (Å²) in [6, 6.07) is 7.38. The maximum absolute atomic E-state index is 14.2. The van der Waals surface area contributed by atoms with Crippen LogP contribution in [0.4, 0.5) is 10.1 Å². The number of ketones is 2. The molecule has 0 aliphatic heterocycles. The minimum atomic E-state index is -4.28.